The van der Waals surface area contributed by atoms with Crippen LogP contribution in [-0.2, 0) is 0 Å². The van der Waals surface area contributed by atoms with Gasteiger partial charge in [0.25, 0.3) is 0 Å². The van der Waals surface area contributed by atoms with E-state index >= 15 is 4.39 Å². The molecule has 8 rings (SSSR count). The number of aliphatic hydroxyl groups excluding tert-OH is 1. The van der Waals surface area contributed by atoms with Crippen LogP contribution in [0.3, 0.4) is 0 Å². The maximum Gasteiger partial charge on any atom is 0.319 e. The Morgan fingerprint density at radius 2 is 2.11 bits per heavy atom. The Morgan fingerprint density at radius 1 is 1.26 bits per heavy atom. The van der Waals surface area contributed by atoms with Crippen LogP contribution in [0, 0.1) is 34.8 Å². The zero-order chi connectivity index (χ0) is 31.9. The molecule has 3 fully saturated rings. The molecular weight excluding hydrogens is 634 g/mol. The van der Waals surface area contributed by atoms with Crippen molar-refractivity contribution in [3.63, 3.8) is 0 Å². The van der Waals surface area contributed by atoms with Crippen molar-refractivity contribution in [1.82, 2.24) is 14.9 Å². The van der Waals surface area contributed by atoms with Gasteiger partial charge in [-0.3, -0.25) is 4.90 Å². The number of aromatic nitrogens is 2. The maximum atomic E-state index is 17.1. The third kappa shape index (κ3) is 4.43. The highest BCUT2D eigenvalue weighted by Gasteiger charge is 2.48. The number of aliphatic hydroxyl groups is 1. The number of fused-ring (bicyclic) bond motifs is 4. The molecule has 0 amide bonds. The molecule has 6 heterocycles. The number of hydrogen-bond acceptors (Lipinski definition) is 10. The van der Waals surface area contributed by atoms with Crippen molar-refractivity contribution in [3.05, 3.63) is 34.4 Å². The fraction of sp³-hybridized carbons (Fsp3) is 0.485. The molecule has 4 atom stereocenters. The fourth-order valence-electron chi connectivity index (χ4n) is 8.27. The van der Waals surface area contributed by atoms with Gasteiger partial charge in [0, 0.05) is 30.6 Å². The van der Waals surface area contributed by atoms with Gasteiger partial charge in [0.2, 0.25) is 0 Å². The van der Waals surface area contributed by atoms with Gasteiger partial charge >= 0.3 is 6.01 Å². The highest BCUT2D eigenvalue weighted by molar-refractivity contribution is 7.23. The Labute approximate surface area is 273 Å². The molecule has 13 heteroatoms. The average molecular weight is 667 g/mol. The summed E-state index contributed by atoms with van der Waals surface area (Å²) in [5, 5.41) is 20.6. The van der Waals surface area contributed by atoms with Crippen molar-refractivity contribution in [3.8, 4) is 29.0 Å². The van der Waals surface area contributed by atoms with E-state index in [1.165, 1.54) is 12.1 Å². The molecule has 3 N–H and O–H groups in total. The van der Waals surface area contributed by atoms with Gasteiger partial charge in [0.15, 0.2) is 11.6 Å². The molecule has 4 aliphatic heterocycles. The Bertz CT molecular complexity index is 1950. The van der Waals surface area contributed by atoms with E-state index in [9.17, 15) is 14.8 Å². The minimum absolute atomic E-state index is 0.0126. The van der Waals surface area contributed by atoms with Crippen LogP contribution in [0.15, 0.2) is 12.1 Å². The van der Waals surface area contributed by atoms with Gasteiger partial charge in [-0.2, -0.15) is 15.2 Å². The first-order valence-electron chi connectivity index (χ1n) is 15.7. The molecule has 3 unspecified atom stereocenters. The van der Waals surface area contributed by atoms with E-state index in [1.807, 2.05) is 0 Å². The summed E-state index contributed by atoms with van der Waals surface area (Å²) in [6, 6.07) is 4.64. The Balaban J connectivity index is 1.35. The second-order valence-electron chi connectivity index (χ2n) is 13.3. The smallest absolute Gasteiger partial charge is 0.319 e. The molecule has 2 aromatic carbocycles. The lowest BCUT2D eigenvalue weighted by Crippen LogP contribution is -2.47. The molecule has 0 saturated carbocycles. The van der Waals surface area contributed by atoms with Gasteiger partial charge in [0.05, 0.1) is 32.3 Å². The van der Waals surface area contributed by atoms with E-state index in [-0.39, 0.29) is 84.8 Å². The summed E-state index contributed by atoms with van der Waals surface area (Å²) < 4.78 is 45.0. The molecule has 240 valence electrons. The second kappa shape index (κ2) is 11.0. The summed E-state index contributed by atoms with van der Waals surface area (Å²) in [4.78, 5) is 14.1. The van der Waals surface area contributed by atoms with E-state index in [2.05, 4.69) is 27.8 Å². The number of halogens is 3. The summed E-state index contributed by atoms with van der Waals surface area (Å²) in [5.41, 5.74) is 6.18. The van der Waals surface area contributed by atoms with E-state index < -0.39 is 11.6 Å². The molecule has 46 heavy (non-hydrogen) atoms. The lowest BCUT2D eigenvalue weighted by Gasteiger charge is -2.38. The zero-order valence-electron chi connectivity index (χ0n) is 25.3. The fourth-order valence-corrected chi connectivity index (χ4v) is 9.56. The number of ether oxygens (including phenoxy) is 2. The number of nitrogen functional groups attached to an aromatic ring is 1. The maximum absolute atomic E-state index is 17.1. The first-order chi connectivity index (χ1) is 22.2. The van der Waals surface area contributed by atoms with Gasteiger partial charge in [-0.15, -0.1) is 11.3 Å². The topological polar surface area (TPSA) is 121 Å². The largest absolute Gasteiger partial charge is 0.489 e. The third-order valence-corrected chi connectivity index (χ3v) is 11.8. The van der Waals surface area contributed by atoms with Crippen molar-refractivity contribution in [2.24, 2.45) is 11.8 Å². The van der Waals surface area contributed by atoms with Crippen LogP contribution < -0.4 is 20.1 Å². The minimum atomic E-state index is -0.758. The number of rotatable bonds is 5. The zero-order valence-corrected chi connectivity index (χ0v) is 26.9. The first-order valence-corrected chi connectivity index (χ1v) is 16.9. The Hall–Kier alpha value is -3.50. The highest BCUT2D eigenvalue weighted by atomic mass is 35.5. The van der Waals surface area contributed by atoms with Crippen LogP contribution in [0.25, 0.3) is 32.1 Å². The monoisotopic (exact) mass is 666 g/mol. The van der Waals surface area contributed by atoms with Crippen molar-refractivity contribution in [1.29, 1.82) is 5.26 Å². The summed E-state index contributed by atoms with van der Waals surface area (Å²) in [5.74, 6) is -0.0973. The SMILES string of the molecule is C[C@H]1CN2CCCC2(COc2nc3c4c(c(Cl)c(-c5ccc(F)c6sc(N)c(C#N)c56)c(F)c4n2)OCC2CCC(CO)CN32)C1. The van der Waals surface area contributed by atoms with Gasteiger partial charge in [-0.25, -0.2) is 8.78 Å². The molecule has 0 radical (unpaired) electrons. The van der Waals surface area contributed by atoms with Crippen molar-refractivity contribution in [2.75, 3.05) is 50.1 Å². The molecule has 0 spiro atoms. The third-order valence-electron chi connectivity index (χ3n) is 10.4. The van der Waals surface area contributed by atoms with Gasteiger partial charge in [-0.05, 0) is 62.1 Å². The number of nitrogens with two attached hydrogens (primary N) is 1. The molecule has 0 bridgehead atoms. The molecule has 3 saturated heterocycles. The predicted molar refractivity (Wildman–Crippen MR) is 174 cm³/mol. The van der Waals surface area contributed by atoms with Crippen LogP contribution in [0.2, 0.25) is 5.02 Å². The Kier molecular flexibility index (Phi) is 7.17. The minimum Gasteiger partial charge on any atom is -0.489 e. The molecule has 4 aliphatic rings. The van der Waals surface area contributed by atoms with Crippen molar-refractivity contribution < 1.29 is 23.4 Å². The second-order valence-corrected chi connectivity index (χ2v) is 14.7. The molecule has 4 aromatic rings. The number of thiophene rings is 1. The van der Waals surface area contributed by atoms with Crippen LogP contribution in [0.1, 0.15) is 44.6 Å². The summed E-state index contributed by atoms with van der Waals surface area (Å²) >= 11 is 7.97. The molecule has 9 nitrogen and oxygen atoms in total. The van der Waals surface area contributed by atoms with Crippen molar-refractivity contribution in [2.45, 2.75) is 50.6 Å². The predicted octanol–water partition coefficient (Wildman–Crippen LogP) is 6.12. The molecule has 0 aliphatic carbocycles. The van der Waals surface area contributed by atoms with Crippen LogP contribution in [-0.4, -0.2) is 71.0 Å². The van der Waals surface area contributed by atoms with Gasteiger partial charge in [0.1, 0.15) is 41.4 Å². The molecule has 2 aromatic heterocycles. The average Bonchev–Trinajstić information content (AvgIpc) is 3.66. The normalized spacial score (nSPS) is 25.7. The van der Waals surface area contributed by atoms with Gasteiger partial charge in [-0.1, -0.05) is 24.6 Å². The van der Waals surface area contributed by atoms with Crippen molar-refractivity contribution >= 4 is 54.7 Å². The van der Waals surface area contributed by atoms with E-state index in [0.29, 0.717) is 30.3 Å². The lowest BCUT2D eigenvalue weighted by atomic mass is 9.92. The van der Waals surface area contributed by atoms with Gasteiger partial charge < -0.3 is 25.2 Å². The number of hydrogen-bond donors (Lipinski definition) is 2. The number of anilines is 2. The Morgan fingerprint density at radius 3 is 2.91 bits per heavy atom. The summed E-state index contributed by atoms with van der Waals surface area (Å²) in [6.07, 6.45) is 4.67. The summed E-state index contributed by atoms with van der Waals surface area (Å²) in [7, 11) is 0. The van der Waals surface area contributed by atoms with E-state index in [1.54, 1.807) is 0 Å². The van der Waals surface area contributed by atoms with Crippen LogP contribution >= 0.6 is 22.9 Å². The highest BCUT2D eigenvalue weighted by Crippen LogP contribution is 2.52. The van der Waals surface area contributed by atoms with E-state index in [4.69, 9.17) is 31.8 Å². The summed E-state index contributed by atoms with van der Waals surface area (Å²) in [6.45, 7) is 5.46. The van der Waals surface area contributed by atoms with Crippen LogP contribution in [0.5, 0.6) is 11.8 Å². The molecular formula is C33H33ClF2N6O3S. The number of benzene rings is 2. The van der Waals surface area contributed by atoms with E-state index in [0.717, 1.165) is 56.5 Å². The quantitative estimate of drug-likeness (QED) is 0.260. The standard InChI is InChI=1S/C33H33ClF2N6O3S/c1-16-9-33(7-2-8-41(33)11-16)15-45-32-39-27-24-28(44-14-18-4-3-17(13-43)12-42(18)31(24)40-32)25(34)23(26(27)36)19-5-6-21(35)29-22(19)20(10-37)30(38)46-29/h5-6,16-18,43H,2-4,7-9,11-15,38H2,1H3/t16-,17?,18?,33?/m1/s1. The first kappa shape index (κ1) is 29.9. The lowest BCUT2D eigenvalue weighted by molar-refractivity contribution is 0.107. The number of nitrogens with zero attached hydrogens (tertiary/aromatic N) is 5. The van der Waals surface area contributed by atoms with Crippen LogP contribution in [0.4, 0.5) is 19.6 Å². The number of piperidine rings is 1. The number of nitriles is 1.